The van der Waals surface area contributed by atoms with E-state index in [0.717, 1.165) is 37.4 Å². The van der Waals surface area contributed by atoms with Gasteiger partial charge in [-0.25, -0.2) is 0 Å². The van der Waals surface area contributed by atoms with Crippen LogP contribution in [0.2, 0.25) is 5.02 Å². The lowest BCUT2D eigenvalue weighted by Crippen LogP contribution is -2.41. The van der Waals surface area contributed by atoms with E-state index in [9.17, 15) is 5.11 Å². The van der Waals surface area contributed by atoms with Gasteiger partial charge >= 0.3 is 0 Å². The smallest absolute Gasteiger partial charge is 0.160 e. The molecule has 27 heavy (non-hydrogen) atoms. The molecule has 4 rings (SSSR count). The molecule has 3 heterocycles. The van der Waals surface area contributed by atoms with E-state index in [4.69, 9.17) is 16.3 Å². The molecular weight excluding hydrogens is 364 g/mol. The SMILES string of the molecule is O[C@@H](COc1ccc(Cl)cc1)CN1CCC[C@@H](c2nnc3ccccn23)C1. The average molecular weight is 387 g/mol. The Morgan fingerprint density at radius 2 is 2.04 bits per heavy atom. The van der Waals surface area contributed by atoms with Crippen LogP contribution in [-0.4, -0.2) is 56.9 Å². The summed E-state index contributed by atoms with van der Waals surface area (Å²) in [6.07, 6.45) is 3.63. The minimum atomic E-state index is -0.547. The van der Waals surface area contributed by atoms with Gasteiger partial charge in [-0.15, -0.1) is 10.2 Å². The van der Waals surface area contributed by atoms with Crippen molar-refractivity contribution in [3.8, 4) is 5.75 Å². The highest BCUT2D eigenvalue weighted by molar-refractivity contribution is 6.30. The van der Waals surface area contributed by atoms with Crippen molar-refractivity contribution in [2.24, 2.45) is 0 Å². The molecule has 2 atom stereocenters. The van der Waals surface area contributed by atoms with Gasteiger partial charge in [0.15, 0.2) is 5.65 Å². The number of halogens is 1. The molecule has 0 unspecified atom stereocenters. The average Bonchev–Trinajstić information content (AvgIpc) is 3.12. The molecule has 0 amide bonds. The second kappa shape index (κ2) is 8.25. The highest BCUT2D eigenvalue weighted by Gasteiger charge is 2.26. The number of nitrogens with zero attached hydrogens (tertiary/aromatic N) is 4. The fourth-order valence-electron chi connectivity index (χ4n) is 3.64. The van der Waals surface area contributed by atoms with Crippen molar-refractivity contribution in [1.29, 1.82) is 0 Å². The van der Waals surface area contributed by atoms with Gasteiger partial charge < -0.3 is 9.84 Å². The van der Waals surface area contributed by atoms with Gasteiger partial charge in [0.05, 0.1) is 0 Å². The first kappa shape index (κ1) is 18.2. The maximum atomic E-state index is 10.4. The van der Waals surface area contributed by atoms with E-state index in [1.807, 2.05) is 36.5 Å². The van der Waals surface area contributed by atoms with Crippen molar-refractivity contribution in [2.45, 2.75) is 24.9 Å². The minimum Gasteiger partial charge on any atom is -0.491 e. The Kier molecular flexibility index (Phi) is 5.57. The lowest BCUT2D eigenvalue weighted by atomic mass is 9.97. The van der Waals surface area contributed by atoms with Gasteiger partial charge in [0, 0.05) is 30.2 Å². The Hall–Kier alpha value is -2.15. The number of ether oxygens (including phenoxy) is 1. The van der Waals surface area contributed by atoms with E-state index in [2.05, 4.69) is 19.5 Å². The van der Waals surface area contributed by atoms with Crippen molar-refractivity contribution >= 4 is 17.2 Å². The van der Waals surface area contributed by atoms with Crippen molar-refractivity contribution in [3.63, 3.8) is 0 Å². The summed E-state index contributed by atoms with van der Waals surface area (Å²) in [5, 5.41) is 19.7. The third kappa shape index (κ3) is 4.40. The van der Waals surface area contributed by atoms with Gasteiger partial charge in [0.25, 0.3) is 0 Å². The summed E-state index contributed by atoms with van der Waals surface area (Å²) in [6, 6.07) is 13.1. The Morgan fingerprint density at radius 1 is 1.19 bits per heavy atom. The van der Waals surface area contributed by atoms with Crippen LogP contribution in [-0.2, 0) is 0 Å². The number of pyridine rings is 1. The van der Waals surface area contributed by atoms with Gasteiger partial charge in [-0.2, -0.15) is 0 Å². The molecule has 1 aliphatic rings. The van der Waals surface area contributed by atoms with Crippen LogP contribution in [0.15, 0.2) is 48.7 Å². The normalized spacial score (nSPS) is 19.3. The van der Waals surface area contributed by atoms with E-state index in [0.29, 0.717) is 23.2 Å². The molecule has 1 saturated heterocycles. The number of hydrogen-bond donors (Lipinski definition) is 1. The number of aromatic nitrogens is 3. The first-order valence-corrected chi connectivity index (χ1v) is 9.65. The van der Waals surface area contributed by atoms with E-state index in [1.165, 1.54) is 0 Å². The van der Waals surface area contributed by atoms with Crippen LogP contribution in [0.25, 0.3) is 5.65 Å². The van der Waals surface area contributed by atoms with E-state index in [1.54, 1.807) is 12.1 Å². The van der Waals surface area contributed by atoms with Crippen LogP contribution in [0.4, 0.5) is 0 Å². The maximum Gasteiger partial charge on any atom is 0.160 e. The molecule has 1 aliphatic heterocycles. The molecule has 7 heteroatoms. The predicted molar refractivity (Wildman–Crippen MR) is 104 cm³/mol. The summed E-state index contributed by atoms with van der Waals surface area (Å²) < 4.78 is 7.72. The van der Waals surface area contributed by atoms with Crippen molar-refractivity contribution in [1.82, 2.24) is 19.5 Å². The largest absolute Gasteiger partial charge is 0.491 e. The third-order valence-corrected chi connectivity index (χ3v) is 5.19. The minimum absolute atomic E-state index is 0.261. The van der Waals surface area contributed by atoms with Crippen molar-refractivity contribution < 1.29 is 9.84 Å². The van der Waals surface area contributed by atoms with Crippen LogP contribution in [0.1, 0.15) is 24.6 Å². The number of benzene rings is 1. The van der Waals surface area contributed by atoms with Gasteiger partial charge in [-0.3, -0.25) is 9.30 Å². The number of aliphatic hydroxyl groups excluding tert-OH is 1. The lowest BCUT2D eigenvalue weighted by molar-refractivity contribution is 0.0577. The molecule has 3 aromatic rings. The molecule has 0 bridgehead atoms. The van der Waals surface area contributed by atoms with E-state index in [-0.39, 0.29) is 6.61 Å². The zero-order chi connectivity index (χ0) is 18.6. The van der Waals surface area contributed by atoms with Crippen LogP contribution in [0, 0.1) is 0 Å². The van der Waals surface area contributed by atoms with Gasteiger partial charge in [-0.05, 0) is 55.8 Å². The highest BCUT2D eigenvalue weighted by Crippen LogP contribution is 2.26. The topological polar surface area (TPSA) is 62.9 Å². The molecule has 6 nitrogen and oxygen atoms in total. The number of fused-ring (bicyclic) bond motifs is 1. The highest BCUT2D eigenvalue weighted by atomic mass is 35.5. The van der Waals surface area contributed by atoms with E-state index >= 15 is 0 Å². The summed E-state index contributed by atoms with van der Waals surface area (Å²) in [5.74, 6) is 2.03. The van der Waals surface area contributed by atoms with Crippen molar-refractivity contribution in [3.05, 3.63) is 59.5 Å². The molecule has 2 aromatic heterocycles. The molecule has 0 saturated carbocycles. The van der Waals surface area contributed by atoms with Crippen LogP contribution < -0.4 is 4.74 Å². The quantitative estimate of drug-likeness (QED) is 0.705. The molecule has 142 valence electrons. The zero-order valence-corrected chi connectivity index (χ0v) is 15.8. The first-order chi connectivity index (χ1) is 13.2. The van der Waals surface area contributed by atoms with Crippen LogP contribution in [0.3, 0.4) is 0 Å². The Morgan fingerprint density at radius 3 is 2.89 bits per heavy atom. The second-order valence-corrected chi connectivity index (χ2v) is 7.44. The van der Waals surface area contributed by atoms with Crippen LogP contribution in [0.5, 0.6) is 5.75 Å². The molecule has 0 aliphatic carbocycles. The maximum absolute atomic E-state index is 10.4. The van der Waals surface area contributed by atoms with Gasteiger partial charge in [0.1, 0.15) is 24.3 Å². The number of likely N-dealkylation sites (tertiary alicyclic amines) is 1. The predicted octanol–water partition coefficient (Wildman–Crippen LogP) is 3.00. The molecule has 1 N–H and O–H groups in total. The van der Waals surface area contributed by atoms with Gasteiger partial charge in [0.2, 0.25) is 0 Å². The van der Waals surface area contributed by atoms with Crippen LogP contribution >= 0.6 is 11.6 Å². The Labute approximate surface area is 163 Å². The number of hydrogen-bond acceptors (Lipinski definition) is 5. The molecule has 1 aromatic carbocycles. The lowest BCUT2D eigenvalue weighted by Gasteiger charge is -2.33. The zero-order valence-electron chi connectivity index (χ0n) is 15.0. The molecule has 0 radical (unpaired) electrons. The fourth-order valence-corrected chi connectivity index (χ4v) is 3.77. The number of piperidine rings is 1. The second-order valence-electron chi connectivity index (χ2n) is 7.00. The van der Waals surface area contributed by atoms with Crippen molar-refractivity contribution in [2.75, 3.05) is 26.2 Å². The number of aliphatic hydroxyl groups is 1. The summed E-state index contributed by atoms with van der Waals surface area (Å²) in [5.41, 5.74) is 0.876. The first-order valence-electron chi connectivity index (χ1n) is 9.27. The molecular formula is C20H23ClN4O2. The third-order valence-electron chi connectivity index (χ3n) is 4.94. The number of β-amino-alcohol motifs (C(OH)–C–C–N with tert-alkyl or cyclic N) is 1. The Balaban J connectivity index is 1.33. The van der Waals surface area contributed by atoms with E-state index < -0.39 is 6.10 Å². The summed E-state index contributed by atoms with van der Waals surface area (Å²) in [7, 11) is 0. The monoisotopic (exact) mass is 386 g/mol. The standard InChI is InChI=1S/C20H23ClN4O2/c21-16-6-8-18(9-7-16)27-14-17(26)13-24-10-3-4-15(12-24)20-23-22-19-5-1-2-11-25(19)20/h1-2,5-9,11,15,17,26H,3-4,10,12-14H2/t15-,17-/m1/s1. The summed E-state index contributed by atoms with van der Waals surface area (Å²) in [6.45, 7) is 2.69. The molecule has 1 fully saturated rings. The van der Waals surface area contributed by atoms with Gasteiger partial charge in [-0.1, -0.05) is 17.7 Å². The Bertz CT molecular complexity index is 883. The fraction of sp³-hybridized carbons (Fsp3) is 0.400. The number of rotatable bonds is 6. The molecule has 0 spiro atoms. The summed E-state index contributed by atoms with van der Waals surface area (Å²) in [4.78, 5) is 2.29. The summed E-state index contributed by atoms with van der Waals surface area (Å²) >= 11 is 5.87.